The zero-order chi connectivity index (χ0) is 13.9. The Kier molecular flexibility index (Phi) is 3.70. The smallest absolute Gasteiger partial charge is 0.238 e. The lowest BCUT2D eigenvalue weighted by atomic mass is 10.2. The molecule has 2 N–H and O–H groups in total. The summed E-state index contributed by atoms with van der Waals surface area (Å²) in [7, 11) is 0. The van der Waals surface area contributed by atoms with Gasteiger partial charge in [-0.2, -0.15) is 0 Å². The predicted octanol–water partition coefficient (Wildman–Crippen LogP) is 2.58. The standard InChI is InChI=1S/C13H11N3O2S2/c17-11(16-13-14-5-6-19-13)7-10-12(18)15-8-3-1-2-4-9(8)20-10/h1-6,10H,7H2,(H,15,18)(H,14,16,17)/t10-/m0/s1. The molecular formula is C13H11N3O2S2. The van der Waals surface area contributed by atoms with Crippen LogP contribution in [0.5, 0.6) is 0 Å². The summed E-state index contributed by atoms with van der Waals surface area (Å²) in [6.45, 7) is 0. The number of thiazole rings is 1. The van der Waals surface area contributed by atoms with Gasteiger partial charge >= 0.3 is 0 Å². The molecule has 0 unspecified atom stereocenters. The van der Waals surface area contributed by atoms with Crippen LogP contribution in [0.3, 0.4) is 0 Å². The van der Waals surface area contributed by atoms with Crippen LogP contribution in [0.1, 0.15) is 6.42 Å². The molecule has 1 aromatic carbocycles. The second-order valence-electron chi connectivity index (χ2n) is 4.18. The molecule has 0 aliphatic carbocycles. The first-order valence-corrected chi connectivity index (χ1v) is 7.74. The molecule has 0 fully saturated rings. The monoisotopic (exact) mass is 305 g/mol. The Morgan fingerprint density at radius 2 is 2.25 bits per heavy atom. The predicted molar refractivity (Wildman–Crippen MR) is 80.1 cm³/mol. The van der Waals surface area contributed by atoms with Crippen molar-refractivity contribution in [1.29, 1.82) is 0 Å². The van der Waals surface area contributed by atoms with E-state index in [4.69, 9.17) is 0 Å². The Balaban J connectivity index is 1.66. The van der Waals surface area contributed by atoms with Crippen LogP contribution in [0.4, 0.5) is 10.8 Å². The van der Waals surface area contributed by atoms with Crippen molar-refractivity contribution < 1.29 is 9.59 Å². The van der Waals surface area contributed by atoms with E-state index in [-0.39, 0.29) is 18.2 Å². The van der Waals surface area contributed by atoms with Gasteiger partial charge in [0.2, 0.25) is 11.8 Å². The van der Waals surface area contributed by atoms with Gasteiger partial charge in [-0.1, -0.05) is 12.1 Å². The first kappa shape index (κ1) is 13.1. The summed E-state index contributed by atoms with van der Waals surface area (Å²) < 4.78 is 0. The van der Waals surface area contributed by atoms with E-state index in [1.165, 1.54) is 23.1 Å². The summed E-state index contributed by atoms with van der Waals surface area (Å²) in [5.41, 5.74) is 0.805. The number of rotatable bonds is 3. The molecule has 2 heterocycles. The van der Waals surface area contributed by atoms with E-state index in [0.29, 0.717) is 5.13 Å². The van der Waals surface area contributed by atoms with Gasteiger partial charge in [0, 0.05) is 22.9 Å². The van der Waals surface area contributed by atoms with Crippen LogP contribution >= 0.6 is 23.1 Å². The summed E-state index contributed by atoms with van der Waals surface area (Å²) in [4.78, 5) is 28.8. The molecule has 2 amide bonds. The number of carbonyl (C=O) groups is 2. The zero-order valence-electron chi connectivity index (χ0n) is 10.3. The number of aromatic nitrogens is 1. The molecule has 0 saturated heterocycles. The van der Waals surface area contributed by atoms with Gasteiger partial charge in [-0.05, 0) is 12.1 Å². The molecule has 20 heavy (non-hydrogen) atoms. The number of thioether (sulfide) groups is 1. The summed E-state index contributed by atoms with van der Waals surface area (Å²) in [5, 5.41) is 7.44. The molecular weight excluding hydrogens is 294 g/mol. The molecule has 3 rings (SSSR count). The van der Waals surface area contributed by atoms with Crippen LogP contribution in [0.25, 0.3) is 0 Å². The van der Waals surface area contributed by atoms with Crippen LogP contribution in [0.2, 0.25) is 0 Å². The van der Waals surface area contributed by atoms with Gasteiger partial charge in [-0.25, -0.2) is 4.98 Å². The van der Waals surface area contributed by atoms with Gasteiger partial charge in [0.25, 0.3) is 0 Å². The molecule has 1 aliphatic rings. The molecule has 1 aromatic heterocycles. The summed E-state index contributed by atoms with van der Waals surface area (Å²) in [5.74, 6) is -0.338. The summed E-state index contributed by atoms with van der Waals surface area (Å²) >= 11 is 2.77. The van der Waals surface area contributed by atoms with Gasteiger partial charge in [-0.15, -0.1) is 23.1 Å². The first-order valence-electron chi connectivity index (χ1n) is 5.98. The number of para-hydroxylation sites is 1. The Morgan fingerprint density at radius 1 is 1.40 bits per heavy atom. The number of anilines is 2. The van der Waals surface area contributed by atoms with Crippen molar-refractivity contribution in [2.24, 2.45) is 0 Å². The van der Waals surface area contributed by atoms with Crippen LogP contribution in [0.15, 0.2) is 40.7 Å². The average molecular weight is 305 g/mol. The fourth-order valence-electron chi connectivity index (χ4n) is 1.85. The first-order chi connectivity index (χ1) is 9.72. The minimum atomic E-state index is -0.412. The number of hydrogen-bond acceptors (Lipinski definition) is 5. The molecule has 7 heteroatoms. The van der Waals surface area contributed by atoms with Gasteiger partial charge in [-0.3, -0.25) is 9.59 Å². The Hall–Kier alpha value is -1.86. The summed E-state index contributed by atoms with van der Waals surface area (Å²) in [6.07, 6.45) is 1.75. The molecule has 2 aromatic rings. The molecule has 102 valence electrons. The highest BCUT2D eigenvalue weighted by atomic mass is 32.2. The molecule has 0 radical (unpaired) electrons. The van der Waals surface area contributed by atoms with Crippen molar-refractivity contribution in [2.45, 2.75) is 16.6 Å². The second kappa shape index (κ2) is 5.64. The number of benzene rings is 1. The number of hydrogen-bond donors (Lipinski definition) is 2. The molecule has 0 saturated carbocycles. The number of fused-ring (bicyclic) bond motifs is 1. The number of carbonyl (C=O) groups excluding carboxylic acids is 2. The molecule has 0 bridgehead atoms. The lowest BCUT2D eigenvalue weighted by Gasteiger charge is -2.23. The third kappa shape index (κ3) is 2.83. The normalized spacial score (nSPS) is 17.2. The Labute approximate surface area is 123 Å². The maximum atomic E-state index is 12.0. The summed E-state index contributed by atoms with van der Waals surface area (Å²) in [6, 6.07) is 7.57. The van der Waals surface area contributed by atoms with E-state index in [2.05, 4.69) is 15.6 Å². The largest absolute Gasteiger partial charge is 0.324 e. The topological polar surface area (TPSA) is 71.1 Å². The van der Waals surface area contributed by atoms with Crippen LogP contribution < -0.4 is 10.6 Å². The van der Waals surface area contributed by atoms with Crippen LogP contribution in [0, 0.1) is 0 Å². The van der Waals surface area contributed by atoms with E-state index in [1.807, 2.05) is 24.3 Å². The van der Waals surface area contributed by atoms with Gasteiger partial charge in [0.05, 0.1) is 10.9 Å². The van der Waals surface area contributed by atoms with Crippen molar-refractivity contribution in [2.75, 3.05) is 10.6 Å². The fraction of sp³-hybridized carbons (Fsp3) is 0.154. The van der Waals surface area contributed by atoms with E-state index in [1.54, 1.807) is 11.6 Å². The molecule has 1 atom stereocenters. The van der Waals surface area contributed by atoms with Crippen molar-refractivity contribution >= 4 is 45.7 Å². The Morgan fingerprint density at radius 3 is 3.05 bits per heavy atom. The highest BCUT2D eigenvalue weighted by molar-refractivity contribution is 8.01. The SMILES string of the molecule is O=C(C[C@@H]1Sc2ccccc2NC1=O)Nc1nccs1. The minimum absolute atomic E-state index is 0.129. The third-order valence-electron chi connectivity index (χ3n) is 2.76. The maximum Gasteiger partial charge on any atom is 0.238 e. The van der Waals surface area contributed by atoms with Crippen molar-refractivity contribution in [3.63, 3.8) is 0 Å². The second-order valence-corrected chi connectivity index (χ2v) is 6.32. The molecule has 1 aliphatic heterocycles. The zero-order valence-corrected chi connectivity index (χ0v) is 12.0. The van der Waals surface area contributed by atoms with Crippen LogP contribution in [-0.2, 0) is 9.59 Å². The molecule has 0 spiro atoms. The number of amides is 2. The highest BCUT2D eigenvalue weighted by Gasteiger charge is 2.28. The van der Waals surface area contributed by atoms with Gasteiger partial charge in [0.15, 0.2) is 5.13 Å². The minimum Gasteiger partial charge on any atom is -0.324 e. The van der Waals surface area contributed by atoms with Gasteiger partial charge in [0.1, 0.15) is 0 Å². The van der Waals surface area contributed by atoms with E-state index < -0.39 is 5.25 Å². The Bertz CT molecular complexity index is 643. The number of nitrogens with zero attached hydrogens (tertiary/aromatic N) is 1. The molecule has 5 nitrogen and oxygen atoms in total. The van der Waals surface area contributed by atoms with Crippen LogP contribution in [-0.4, -0.2) is 22.0 Å². The maximum absolute atomic E-state index is 12.0. The fourth-order valence-corrected chi connectivity index (χ4v) is 3.51. The lowest BCUT2D eigenvalue weighted by molar-refractivity contribution is -0.120. The average Bonchev–Trinajstić information content (AvgIpc) is 2.92. The highest BCUT2D eigenvalue weighted by Crippen LogP contribution is 2.36. The quantitative estimate of drug-likeness (QED) is 0.914. The van der Waals surface area contributed by atoms with Crippen molar-refractivity contribution in [3.05, 3.63) is 35.8 Å². The van der Waals surface area contributed by atoms with E-state index in [9.17, 15) is 9.59 Å². The van der Waals surface area contributed by atoms with Crippen molar-refractivity contribution in [1.82, 2.24) is 4.98 Å². The van der Waals surface area contributed by atoms with E-state index >= 15 is 0 Å². The van der Waals surface area contributed by atoms with E-state index in [0.717, 1.165) is 10.6 Å². The third-order valence-corrected chi connectivity index (χ3v) is 4.72. The lowest BCUT2D eigenvalue weighted by Crippen LogP contribution is -2.32. The number of nitrogens with one attached hydrogen (secondary N) is 2. The van der Waals surface area contributed by atoms with Crippen molar-refractivity contribution in [3.8, 4) is 0 Å². The van der Waals surface area contributed by atoms with Gasteiger partial charge < -0.3 is 10.6 Å².